The fraction of sp³-hybridized carbons (Fsp3) is 0.346. The van der Waals surface area contributed by atoms with Crippen molar-refractivity contribution in [2.24, 2.45) is 0 Å². The predicted molar refractivity (Wildman–Crippen MR) is 135 cm³/mol. The molecule has 0 bridgehead atoms. The molecule has 1 aromatic heterocycles. The molecule has 2 aromatic carbocycles. The summed E-state index contributed by atoms with van der Waals surface area (Å²) in [5, 5.41) is 17.6. The first kappa shape index (κ1) is 24.7. The standard InChI is InChI=1S/C26H28ClN5O3/c1-18-24(17-29-32(18)22-6-3-20(27)4-7-22)26(33)30-21-5-8-25(19(15-21)16-28)31-11-9-23(10-12-31)35-14-13-34-2/h3-8,15,17,23H,9-14H2,1-2H3,(H,30,33). The topological polar surface area (TPSA) is 92.4 Å². The first-order chi connectivity index (χ1) is 17.0. The number of amides is 1. The van der Waals surface area contributed by atoms with Crippen LogP contribution in [0.4, 0.5) is 11.4 Å². The molecule has 1 amide bonds. The average Bonchev–Trinajstić information content (AvgIpc) is 3.26. The second-order valence-electron chi connectivity index (χ2n) is 8.38. The van der Waals surface area contributed by atoms with Crippen molar-refractivity contribution in [1.29, 1.82) is 5.26 Å². The molecule has 0 saturated carbocycles. The molecule has 1 aliphatic heterocycles. The molecule has 9 heteroatoms. The molecule has 1 N–H and O–H groups in total. The van der Waals surface area contributed by atoms with Gasteiger partial charge in [0.25, 0.3) is 5.91 Å². The van der Waals surface area contributed by atoms with E-state index in [0.29, 0.717) is 40.7 Å². The summed E-state index contributed by atoms with van der Waals surface area (Å²) in [6.45, 7) is 4.63. The molecule has 8 nitrogen and oxygen atoms in total. The van der Waals surface area contributed by atoms with Crippen molar-refractivity contribution in [1.82, 2.24) is 9.78 Å². The second-order valence-corrected chi connectivity index (χ2v) is 8.82. The second kappa shape index (κ2) is 11.4. The van der Waals surface area contributed by atoms with Crippen molar-refractivity contribution in [3.63, 3.8) is 0 Å². The number of halogens is 1. The summed E-state index contributed by atoms with van der Waals surface area (Å²) in [4.78, 5) is 15.2. The number of nitriles is 1. The van der Waals surface area contributed by atoms with Crippen LogP contribution in [-0.2, 0) is 9.47 Å². The summed E-state index contributed by atoms with van der Waals surface area (Å²) in [6, 6.07) is 15.0. The molecule has 0 spiro atoms. The van der Waals surface area contributed by atoms with E-state index in [-0.39, 0.29) is 12.0 Å². The number of rotatable bonds is 8. The molecule has 1 fully saturated rings. The number of piperidine rings is 1. The van der Waals surface area contributed by atoms with Gasteiger partial charge in [-0.15, -0.1) is 0 Å². The Bertz CT molecular complexity index is 1210. The first-order valence-corrected chi connectivity index (χ1v) is 11.9. The highest BCUT2D eigenvalue weighted by atomic mass is 35.5. The Hall–Kier alpha value is -3.38. The van der Waals surface area contributed by atoms with E-state index in [4.69, 9.17) is 21.1 Å². The first-order valence-electron chi connectivity index (χ1n) is 11.5. The number of nitrogens with zero attached hydrogens (tertiary/aromatic N) is 4. The number of benzene rings is 2. The van der Waals surface area contributed by atoms with Gasteiger partial charge in [0.05, 0.1) is 53.7 Å². The molecule has 3 aromatic rings. The van der Waals surface area contributed by atoms with Crippen LogP contribution in [0.3, 0.4) is 0 Å². The molecule has 0 unspecified atom stereocenters. The van der Waals surface area contributed by atoms with Crippen LogP contribution < -0.4 is 10.2 Å². The Balaban J connectivity index is 1.42. The summed E-state index contributed by atoms with van der Waals surface area (Å²) < 4.78 is 12.6. The highest BCUT2D eigenvalue weighted by Gasteiger charge is 2.22. The molecule has 1 aliphatic rings. The minimum atomic E-state index is -0.284. The molecule has 2 heterocycles. The maximum absolute atomic E-state index is 13.0. The van der Waals surface area contributed by atoms with E-state index >= 15 is 0 Å². The van der Waals surface area contributed by atoms with Gasteiger partial charge in [-0.2, -0.15) is 10.4 Å². The number of methoxy groups -OCH3 is 1. The Labute approximate surface area is 210 Å². The van der Waals surface area contributed by atoms with Crippen LogP contribution in [0, 0.1) is 18.3 Å². The van der Waals surface area contributed by atoms with Gasteiger partial charge in [0.2, 0.25) is 0 Å². The van der Waals surface area contributed by atoms with Crippen molar-refractivity contribution < 1.29 is 14.3 Å². The van der Waals surface area contributed by atoms with E-state index in [1.165, 1.54) is 6.20 Å². The number of carbonyl (C=O) groups is 1. The molecule has 35 heavy (non-hydrogen) atoms. The molecule has 0 aliphatic carbocycles. The minimum absolute atomic E-state index is 0.211. The summed E-state index contributed by atoms with van der Waals surface area (Å²) in [5.41, 5.74) is 3.93. The molecule has 0 atom stereocenters. The summed E-state index contributed by atoms with van der Waals surface area (Å²) >= 11 is 5.97. The maximum atomic E-state index is 13.0. The lowest BCUT2D eigenvalue weighted by molar-refractivity contribution is 0.00610. The molecule has 0 radical (unpaired) electrons. The van der Waals surface area contributed by atoms with Crippen LogP contribution in [0.1, 0.15) is 34.5 Å². The third-order valence-corrected chi connectivity index (χ3v) is 6.38. The maximum Gasteiger partial charge on any atom is 0.259 e. The van der Waals surface area contributed by atoms with Gasteiger partial charge < -0.3 is 19.7 Å². The fourth-order valence-electron chi connectivity index (χ4n) is 4.21. The van der Waals surface area contributed by atoms with Crippen LogP contribution in [0.2, 0.25) is 5.02 Å². The zero-order valence-electron chi connectivity index (χ0n) is 19.8. The Morgan fingerprint density at radius 3 is 2.63 bits per heavy atom. The summed E-state index contributed by atoms with van der Waals surface area (Å²) in [7, 11) is 1.66. The van der Waals surface area contributed by atoms with E-state index in [1.54, 1.807) is 30.0 Å². The van der Waals surface area contributed by atoms with Crippen molar-refractivity contribution in [2.75, 3.05) is 43.6 Å². The lowest BCUT2D eigenvalue weighted by Crippen LogP contribution is -2.37. The van der Waals surface area contributed by atoms with E-state index < -0.39 is 0 Å². The Kier molecular flexibility index (Phi) is 8.03. The molecule has 182 valence electrons. The van der Waals surface area contributed by atoms with Gasteiger partial charge in [0.1, 0.15) is 6.07 Å². The molecule has 4 rings (SSSR count). The third-order valence-electron chi connectivity index (χ3n) is 6.12. The number of nitrogens with one attached hydrogen (secondary N) is 1. The zero-order chi connectivity index (χ0) is 24.8. The van der Waals surface area contributed by atoms with E-state index in [1.807, 2.05) is 31.2 Å². The largest absolute Gasteiger partial charge is 0.382 e. The lowest BCUT2D eigenvalue weighted by Gasteiger charge is -2.34. The number of hydrogen-bond acceptors (Lipinski definition) is 6. The zero-order valence-corrected chi connectivity index (χ0v) is 20.6. The summed E-state index contributed by atoms with van der Waals surface area (Å²) in [6.07, 6.45) is 3.54. The van der Waals surface area contributed by atoms with Crippen LogP contribution in [-0.4, -0.2) is 55.2 Å². The average molecular weight is 494 g/mol. The normalized spacial score (nSPS) is 14.1. The van der Waals surface area contributed by atoms with Crippen LogP contribution in [0.25, 0.3) is 5.69 Å². The van der Waals surface area contributed by atoms with Gasteiger partial charge in [-0.25, -0.2) is 4.68 Å². The number of aromatic nitrogens is 2. The quantitative estimate of drug-likeness (QED) is 0.461. The SMILES string of the molecule is COCCOC1CCN(c2ccc(NC(=O)c3cnn(-c4ccc(Cl)cc4)c3C)cc2C#N)CC1. The molecular weight excluding hydrogens is 466 g/mol. The van der Waals surface area contributed by atoms with Crippen molar-refractivity contribution >= 4 is 28.9 Å². The highest BCUT2D eigenvalue weighted by Crippen LogP contribution is 2.28. The highest BCUT2D eigenvalue weighted by molar-refractivity contribution is 6.30. The smallest absolute Gasteiger partial charge is 0.259 e. The van der Waals surface area contributed by atoms with Gasteiger partial charge in [-0.1, -0.05) is 11.6 Å². The Morgan fingerprint density at radius 1 is 1.20 bits per heavy atom. The van der Waals surface area contributed by atoms with Crippen molar-refractivity contribution in [3.05, 3.63) is 70.5 Å². The van der Waals surface area contributed by atoms with E-state index in [2.05, 4.69) is 21.4 Å². The van der Waals surface area contributed by atoms with E-state index in [0.717, 1.165) is 37.3 Å². The monoisotopic (exact) mass is 493 g/mol. The van der Waals surface area contributed by atoms with Gasteiger partial charge in [0, 0.05) is 30.9 Å². The van der Waals surface area contributed by atoms with Gasteiger partial charge >= 0.3 is 0 Å². The van der Waals surface area contributed by atoms with Gasteiger partial charge in [0.15, 0.2) is 0 Å². The third kappa shape index (κ3) is 5.82. The summed E-state index contributed by atoms with van der Waals surface area (Å²) in [5.74, 6) is -0.284. The van der Waals surface area contributed by atoms with Crippen LogP contribution >= 0.6 is 11.6 Å². The predicted octanol–water partition coefficient (Wildman–Crippen LogP) is 4.59. The number of ether oxygens (including phenoxy) is 2. The number of anilines is 2. The number of hydrogen-bond donors (Lipinski definition) is 1. The fourth-order valence-corrected chi connectivity index (χ4v) is 4.34. The molecule has 1 saturated heterocycles. The van der Waals surface area contributed by atoms with Crippen LogP contribution in [0.5, 0.6) is 0 Å². The minimum Gasteiger partial charge on any atom is -0.382 e. The lowest BCUT2D eigenvalue weighted by atomic mass is 10.0. The van der Waals surface area contributed by atoms with E-state index in [9.17, 15) is 10.1 Å². The van der Waals surface area contributed by atoms with Crippen molar-refractivity contribution in [2.45, 2.75) is 25.9 Å². The molecular formula is C26H28ClN5O3. The van der Waals surface area contributed by atoms with Crippen LogP contribution in [0.15, 0.2) is 48.7 Å². The number of carbonyl (C=O) groups excluding carboxylic acids is 1. The van der Waals surface area contributed by atoms with Gasteiger partial charge in [-0.05, 0) is 62.2 Å². The van der Waals surface area contributed by atoms with Crippen molar-refractivity contribution in [3.8, 4) is 11.8 Å². The van der Waals surface area contributed by atoms with Gasteiger partial charge in [-0.3, -0.25) is 4.79 Å². The Morgan fingerprint density at radius 2 is 1.94 bits per heavy atom.